The maximum absolute atomic E-state index is 12.9. The first-order chi connectivity index (χ1) is 11.5. The molecule has 1 aliphatic heterocycles. The lowest BCUT2D eigenvalue weighted by Gasteiger charge is -2.31. The van der Waals surface area contributed by atoms with E-state index in [2.05, 4.69) is 5.32 Å². The van der Waals surface area contributed by atoms with Crippen LogP contribution in [0, 0.1) is 0 Å². The Hall–Kier alpha value is -2.37. The molecule has 1 unspecified atom stereocenters. The Labute approximate surface area is 141 Å². The smallest absolute Gasteiger partial charge is 0.323 e. The summed E-state index contributed by atoms with van der Waals surface area (Å²) in [6.07, 6.45) is 4.24. The molecular formula is C18H23N3O3. The van der Waals surface area contributed by atoms with E-state index in [1.807, 2.05) is 30.3 Å². The second-order valence-electron chi connectivity index (χ2n) is 6.66. The topological polar surface area (TPSA) is 69.7 Å². The van der Waals surface area contributed by atoms with Crippen molar-refractivity contribution in [1.29, 1.82) is 0 Å². The summed E-state index contributed by atoms with van der Waals surface area (Å²) in [6.45, 7) is 1.61. The average Bonchev–Trinajstić information content (AvgIpc) is 2.84. The second-order valence-corrected chi connectivity index (χ2v) is 6.66. The Balaban J connectivity index is 1.79. The molecule has 1 saturated heterocycles. The molecule has 1 aromatic rings. The summed E-state index contributed by atoms with van der Waals surface area (Å²) in [6, 6.07) is 7.91. The highest BCUT2D eigenvalue weighted by atomic mass is 16.2. The number of amides is 4. The fraction of sp³-hybridized carbons (Fsp3) is 0.500. The van der Waals surface area contributed by atoms with E-state index in [1.165, 1.54) is 4.90 Å². The summed E-state index contributed by atoms with van der Waals surface area (Å²) in [5.41, 5.74) is -0.0661. The molecule has 2 fully saturated rings. The maximum atomic E-state index is 12.9. The van der Waals surface area contributed by atoms with Crippen molar-refractivity contribution in [2.75, 3.05) is 11.9 Å². The summed E-state index contributed by atoms with van der Waals surface area (Å²) >= 11 is 0. The molecule has 0 aromatic heterocycles. The maximum Gasteiger partial charge on any atom is 0.325 e. The molecule has 3 rings (SSSR count). The lowest BCUT2D eigenvalue weighted by molar-refractivity contribution is -0.137. The van der Waals surface area contributed by atoms with Crippen molar-refractivity contribution in [3.05, 3.63) is 30.3 Å². The molecule has 1 saturated carbocycles. The van der Waals surface area contributed by atoms with Crippen molar-refractivity contribution in [3.63, 3.8) is 0 Å². The number of hydrogen-bond acceptors (Lipinski definition) is 3. The van der Waals surface area contributed by atoms with Crippen molar-refractivity contribution >= 4 is 23.5 Å². The zero-order valence-electron chi connectivity index (χ0n) is 14.1. The van der Waals surface area contributed by atoms with Gasteiger partial charge in [-0.15, -0.1) is 0 Å². The van der Waals surface area contributed by atoms with Gasteiger partial charge in [-0.25, -0.2) is 9.69 Å². The number of imide groups is 1. The third-order valence-corrected chi connectivity index (χ3v) is 5.12. The highest BCUT2D eigenvalue weighted by Crippen LogP contribution is 2.34. The third kappa shape index (κ3) is 2.66. The molecule has 1 atom stereocenters. The molecule has 4 amide bonds. The molecule has 1 N–H and O–H groups in total. The van der Waals surface area contributed by atoms with Gasteiger partial charge in [0.2, 0.25) is 5.91 Å². The molecule has 1 heterocycles. The van der Waals surface area contributed by atoms with E-state index >= 15 is 0 Å². The summed E-state index contributed by atoms with van der Waals surface area (Å²) in [5, 5.41) is 2.85. The number of para-hydroxylation sites is 1. The number of urea groups is 1. The predicted octanol–water partition coefficient (Wildman–Crippen LogP) is 2.29. The van der Waals surface area contributed by atoms with Crippen LogP contribution in [-0.2, 0) is 9.59 Å². The highest BCUT2D eigenvalue weighted by molar-refractivity contribution is 6.11. The van der Waals surface area contributed by atoms with Gasteiger partial charge in [0.15, 0.2) is 0 Å². The van der Waals surface area contributed by atoms with E-state index in [-0.39, 0.29) is 11.8 Å². The first-order valence-corrected chi connectivity index (χ1v) is 8.45. The number of rotatable bonds is 3. The molecule has 6 nitrogen and oxygen atoms in total. The molecule has 6 heteroatoms. The van der Waals surface area contributed by atoms with Gasteiger partial charge in [0.25, 0.3) is 5.91 Å². The average molecular weight is 329 g/mol. The highest BCUT2D eigenvalue weighted by Gasteiger charge is 2.53. The first-order valence-electron chi connectivity index (χ1n) is 8.45. The summed E-state index contributed by atoms with van der Waals surface area (Å²) in [5.74, 6) is -0.535. The van der Waals surface area contributed by atoms with Crippen LogP contribution in [0.4, 0.5) is 10.5 Å². The lowest BCUT2D eigenvalue weighted by atomic mass is 9.81. The molecular weight excluding hydrogens is 306 g/mol. The Morgan fingerprint density at radius 1 is 1.17 bits per heavy atom. The molecule has 1 aliphatic carbocycles. The Kier molecular flexibility index (Phi) is 4.30. The quantitative estimate of drug-likeness (QED) is 0.865. The van der Waals surface area contributed by atoms with Gasteiger partial charge >= 0.3 is 6.03 Å². The van der Waals surface area contributed by atoms with Gasteiger partial charge in [-0.3, -0.25) is 9.59 Å². The minimum atomic E-state index is -0.830. The number of nitrogens with zero attached hydrogens (tertiary/aromatic N) is 2. The lowest BCUT2D eigenvalue weighted by Crippen LogP contribution is -2.51. The van der Waals surface area contributed by atoms with Crippen molar-refractivity contribution < 1.29 is 14.4 Å². The number of anilines is 1. The number of hydrogen-bond donors (Lipinski definition) is 1. The summed E-state index contributed by atoms with van der Waals surface area (Å²) < 4.78 is 0. The fourth-order valence-electron chi connectivity index (χ4n) is 3.66. The van der Waals surface area contributed by atoms with E-state index in [0.29, 0.717) is 12.8 Å². The number of carbonyl (C=O) groups is 3. The third-order valence-electron chi connectivity index (χ3n) is 5.12. The largest absolute Gasteiger partial charge is 0.325 e. The van der Waals surface area contributed by atoms with Crippen molar-refractivity contribution in [1.82, 2.24) is 10.2 Å². The van der Waals surface area contributed by atoms with Gasteiger partial charge in [-0.1, -0.05) is 37.5 Å². The van der Waals surface area contributed by atoms with Crippen LogP contribution in [0.25, 0.3) is 0 Å². The van der Waals surface area contributed by atoms with Gasteiger partial charge in [-0.2, -0.15) is 0 Å². The van der Waals surface area contributed by atoms with Crippen LogP contribution in [0.5, 0.6) is 0 Å². The number of nitrogens with one attached hydrogen (secondary N) is 1. The van der Waals surface area contributed by atoms with Gasteiger partial charge < -0.3 is 10.2 Å². The van der Waals surface area contributed by atoms with E-state index in [9.17, 15) is 14.4 Å². The monoisotopic (exact) mass is 329 g/mol. The van der Waals surface area contributed by atoms with Crippen LogP contribution >= 0.6 is 0 Å². The Bertz CT molecular complexity index is 653. The summed E-state index contributed by atoms with van der Waals surface area (Å²) in [4.78, 5) is 40.6. The SMILES string of the molecule is CC(C(=O)N(C)c1ccccc1)N1C(=O)NC2(CCCCC2)C1=O. The van der Waals surface area contributed by atoms with E-state index in [4.69, 9.17) is 0 Å². The normalized spacial score (nSPS) is 20.8. The second kappa shape index (κ2) is 6.26. The van der Waals surface area contributed by atoms with E-state index in [0.717, 1.165) is 29.8 Å². The zero-order chi connectivity index (χ0) is 17.3. The van der Waals surface area contributed by atoms with Crippen LogP contribution in [-0.4, -0.2) is 41.4 Å². The van der Waals surface area contributed by atoms with Crippen LogP contribution in [0.3, 0.4) is 0 Å². The Morgan fingerprint density at radius 2 is 1.79 bits per heavy atom. The minimum absolute atomic E-state index is 0.255. The number of benzene rings is 1. The molecule has 1 spiro atoms. The number of likely N-dealkylation sites (N-methyl/N-ethyl adjacent to an activating group) is 1. The van der Waals surface area contributed by atoms with E-state index < -0.39 is 17.6 Å². The standard InChI is InChI=1S/C18H23N3O3/c1-13(15(22)20(2)14-9-5-3-6-10-14)21-16(23)18(19-17(21)24)11-7-4-8-12-18/h3,5-6,9-10,13H,4,7-8,11-12H2,1-2H3,(H,19,24). The van der Waals surface area contributed by atoms with Crippen LogP contribution in [0.2, 0.25) is 0 Å². The molecule has 0 radical (unpaired) electrons. The molecule has 2 aliphatic rings. The summed E-state index contributed by atoms with van der Waals surface area (Å²) in [7, 11) is 1.66. The zero-order valence-corrected chi connectivity index (χ0v) is 14.1. The number of carbonyl (C=O) groups excluding carboxylic acids is 3. The van der Waals surface area contributed by atoms with Crippen molar-refractivity contribution in [2.45, 2.75) is 50.6 Å². The molecule has 1 aromatic carbocycles. The van der Waals surface area contributed by atoms with Gasteiger partial charge in [0.1, 0.15) is 11.6 Å². The van der Waals surface area contributed by atoms with Crippen LogP contribution < -0.4 is 10.2 Å². The van der Waals surface area contributed by atoms with Gasteiger partial charge in [0, 0.05) is 12.7 Å². The molecule has 0 bridgehead atoms. The minimum Gasteiger partial charge on any atom is -0.323 e. The predicted molar refractivity (Wildman–Crippen MR) is 90.5 cm³/mol. The van der Waals surface area contributed by atoms with E-state index in [1.54, 1.807) is 14.0 Å². The van der Waals surface area contributed by atoms with Crippen LogP contribution in [0.15, 0.2) is 30.3 Å². The van der Waals surface area contributed by atoms with Crippen molar-refractivity contribution in [2.24, 2.45) is 0 Å². The first kappa shape index (κ1) is 16.5. The Morgan fingerprint density at radius 3 is 2.42 bits per heavy atom. The fourth-order valence-corrected chi connectivity index (χ4v) is 3.66. The van der Waals surface area contributed by atoms with Gasteiger partial charge in [-0.05, 0) is 31.9 Å². The molecule has 24 heavy (non-hydrogen) atoms. The van der Waals surface area contributed by atoms with Crippen LogP contribution in [0.1, 0.15) is 39.0 Å². The molecule has 128 valence electrons. The van der Waals surface area contributed by atoms with Gasteiger partial charge in [0.05, 0.1) is 0 Å². The van der Waals surface area contributed by atoms with Crippen molar-refractivity contribution in [3.8, 4) is 0 Å².